The van der Waals surface area contributed by atoms with Gasteiger partial charge in [-0.15, -0.1) is 0 Å². The predicted octanol–water partition coefficient (Wildman–Crippen LogP) is 4.16. The summed E-state index contributed by atoms with van der Waals surface area (Å²) in [5.74, 6) is 1.45. The van der Waals surface area contributed by atoms with Crippen LogP contribution in [-0.4, -0.2) is 23.9 Å². The third-order valence-electron chi connectivity index (χ3n) is 3.91. The highest BCUT2D eigenvalue weighted by Gasteiger charge is 2.22. The number of hydrogen-bond donors (Lipinski definition) is 1. The van der Waals surface area contributed by atoms with Gasteiger partial charge in [-0.2, -0.15) is 0 Å². The largest absolute Gasteiger partial charge is 0.494 e. The number of hydrogen-bond acceptors (Lipinski definition) is 2. The number of nitrogens with one attached hydrogen (secondary N) is 1. The van der Waals surface area contributed by atoms with Crippen molar-refractivity contribution >= 4 is 21.8 Å². The Balaban J connectivity index is 1.76. The van der Waals surface area contributed by atoms with Gasteiger partial charge in [0.15, 0.2) is 0 Å². The molecular weight excluding hydrogens is 330 g/mol. The summed E-state index contributed by atoms with van der Waals surface area (Å²) >= 11 is 3.64. The molecule has 2 atom stereocenters. The average molecular weight is 354 g/mol. The SMILES string of the molecule is CCCCOc1ccc(C(=O)NCC2CCC(Br)C2)cc1. The van der Waals surface area contributed by atoms with E-state index in [1.54, 1.807) is 0 Å². The maximum atomic E-state index is 12.1. The molecule has 0 bridgehead atoms. The molecule has 3 nitrogen and oxygen atoms in total. The highest BCUT2D eigenvalue weighted by atomic mass is 79.9. The fraction of sp³-hybridized carbons (Fsp3) is 0.588. The molecule has 2 unspecified atom stereocenters. The lowest BCUT2D eigenvalue weighted by atomic mass is 10.1. The number of benzene rings is 1. The monoisotopic (exact) mass is 353 g/mol. The standard InChI is InChI=1S/C17H24BrNO2/c1-2-3-10-21-16-8-5-14(6-9-16)17(20)19-12-13-4-7-15(18)11-13/h5-6,8-9,13,15H,2-4,7,10-12H2,1H3,(H,19,20). The van der Waals surface area contributed by atoms with Crippen molar-refractivity contribution in [3.63, 3.8) is 0 Å². The lowest BCUT2D eigenvalue weighted by Crippen LogP contribution is -2.28. The van der Waals surface area contributed by atoms with E-state index in [0.717, 1.165) is 38.2 Å². The smallest absolute Gasteiger partial charge is 0.251 e. The van der Waals surface area contributed by atoms with Crippen LogP contribution in [-0.2, 0) is 0 Å². The molecule has 4 heteroatoms. The fourth-order valence-corrected chi connectivity index (χ4v) is 3.37. The van der Waals surface area contributed by atoms with Crippen LogP contribution in [0.25, 0.3) is 0 Å². The van der Waals surface area contributed by atoms with E-state index in [1.165, 1.54) is 12.8 Å². The van der Waals surface area contributed by atoms with Crippen molar-refractivity contribution in [2.24, 2.45) is 5.92 Å². The van der Waals surface area contributed by atoms with Crippen molar-refractivity contribution in [2.75, 3.05) is 13.2 Å². The molecule has 0 heterocycles. The number of alkyl halides is 1. The molecule has 1 aromatic carbocycles. The Morgan fingerprint density at radius 2 is 2.10 bits per heavy atom. The maximum absolute atomic E-state index is 12.1. The molecule has 0 spiro atoms. The molecule has 1 saturated carbocycles. The number of unbranched alkanes of at least 4 members (excludes halogenated alkanes) is 1. The Bertz CT molecular complexity index is 447. The zero-order chi connectivity index (χ0) is 15.1. The minimum absolute atomic E-state index is 0.00753. The quantitative estimate of drug-likeness (QED) is 0.590. The minimum atomic E-state index is 0.00753. The van der Waals surface area contributed by atoms with Crippen LogP contribution in [0, 0.1) is 5.92 Å². The van der Waals surface area contributed by atoms with Crippen molar-refractivity contribution in [1.82, 2.24) is 5.32 Å². The maximum Gasteiger partial charge on any atom is 0.251 e. The number of rotatable bonds is 7. The molecule has 1 amide bonds. The summed E-state index contributed by atoms with van der Waals surface area (Å²) in [6.45, 7) is 3.64. The van der Waals surface area contributed by atoms with Gasteiger partial charge in [0.1, 0.15) is 5.75 Å². The zero-order valence-electron chi connectivity index (χ0n) is 12.6. The van der Waals surface area contributed by atoms with E-state index >= 15 is 0 Å². The predicted molar refractivity (Wildman–Crippen MR) is 89.2 cm³/mol. The van der Waals surface area contributed by atoms with E-state index in [0.29, 0.717) is 16.3 Å². The Kier molecular flexibility index (Phi) is 6.55. The molecule has 0 aliphatic heterocycles. The first-order valence-corrected chi connectivity index (χ1v) is 8.75. The highest BCUT2D eigenvalue weighted by Crippen LogP contribution is 2.30. The number of ether oxygens (including phenoxy) is 1. The first-order valence-electron chi connectivity index (χ1n) is 7.84. The summed E-state index contributed by atoms with van der Waals surface area (Å²) in [4.78, 5) is 12.7. The molecule has 0 radical (unpaired) electrons. The van der Waals surface area contributed by atoms with Crippen LogP contribution in [0.3, 0.4) is 0 Å². The highest BCUT2D eigenvalue weighted by molar-refractivity contribution is 9.09. The molecular formula is C17H24BrNO2. The molecule has 2 rings (SSSR count). The van der Waals surface area contributed by atoms with Gasteiger partial charge in [-0.1, -0.05) is 29.3 Å². The Morgan fingerprint density at radius 3 is 2.71 bits per heavy atom. The zero-order valence-corrected chi connectivity index (χ0v) is 14.2. The van der Waals surface area contributed by atoms with E-state index in [9.17, 15) is 4.79 Å². The van der Waals surface area contributed by atoms with Crippen LogP contribution in [0.2, 0.25) is 0 Å². The van der Waals surface area contributed by atoms with Crippen LogP contribution in [0.5, 0.6) is 5.75 Å². The van der Waals surface area contributed by atoms with Gasteiger partial charge in [0.2, 0.25) is 0 Å². The van der Waals surface area contributed by atoms with E-state index in [-0.39, 0.29) is 5.91 Å². The van der Waals surface area contributed by atoms with Crippen molar-refractivity contribution < 1.29 is 9.53 Å². The second kappa shape index (κ2) is 8.42. The van der Waals surface area contributed by atoms with E-state index in [4.69, 9.17) is 4.74 Å². The lowest BCUT2D eigenvalue weighted by molar-refractivity contribution is 0.0947. The molecule has 1 aromatic rings. The van der Waals surface area contributed by atoms with Crippen molar-refractivity contribution in [3.8, 4) is 5.75 Å². The number of halogens is 1. The van der Waals surface area contributed by atoms with Crippen LogP contribution < -0.4 is 10.1 Å². The second-order valence-electron chi connectivity index (χ2n) is 5.71. The lowest BCUT2D eigenvalue weighted by Gasteiger charge is -2.11. The third-order valence-corrected chi connectivity index (χ3v) is 4.74. The summed E-state index contributed by atoms with van der Waals surface area (Å²) in [6, 6.07) is 7.40. The fourth-order valence-electron chi connectivity index (χ4n) is 2.58. The van der Waals surface area contributed by atoms with Crippen molar-refractivity contribution in [1.29, 1.82) is 0 Å². The van der Waals surface area contributed by atoms with Gasteiger partial charge < -0.3 is 10.1 Å². The van der Waals surface area contributed by atoms with Crippen molar-refractivity contribution in [2.45, 2.75) is 43.9 Å². The molecule has 116 valence electrons. The van der Waals surface area contributed by atoms with Gasteiger partial charge in [0.05, 0.1) is 6.61 Å². The minimum Gasteiger partial charge on any atom is -0.494 e. The molecule has 21 heavy (non-hydrogen) atoms. The first kappa shape index (κ1) is 16.3. The van der Waals surface area contributed by atoms with Gasteiger partial charge >= 0.3 is 0 Å². The molecule has 1 N–H and O–H groups in total. The van der Waals surface area contributed by atoms with E-state index in [1.807, 2.05) is 24.3 Å². The number of amides is 1. The first-order chi connectivity index (χ1) is 10.2. The van der Waals surface area contributed by atoms with Crippen LogP contribution >= 0.6 is 15.9 Å². The molecule has 0 aromatic heterocycles. The number of carbonyl (C=O) groups excluding carboxylic acids is 1. The Morgan fingerprint density at radius 1 is 1.33 bits per heavy atom. The summed E-state index contributed by atoms with van der Waals surface area (Å²) in [5, 5.41) is 3.03. The van der Waals surface area contributed by atoms with E-state index < -0.39 is 0 Å². The Hall–Kier alpha value is -1.03. The van der Waals surface area contributed by atoms with Crippen LogP contribution in [0.1, 0.15) is 49.4 Å². The van der Waals surface area contributed by atoms with E-state index in [2.05, 4.69) is 28.2 Å². The average Bonchev–Trinajstić information content (AvgIpc) is 2.91. The van der Waals surface area contributed by atoms with Crippen molar-refractivity contribution in [3.05, 3.63) is 29.8 Å². The van der Waals surface area contributed by atoms with Gasteiger partial charge in [-0.3, -0.25) is 4.79 Å². The van der Waals surface area contributed by atoms with Gasteiger partial charge in [-0.25, -0.2) is 0 Å². The second-order valence-corrected chi connectivity index (χ2v) is 7.01. The third kappa shape index (κ3) is 5.34. The summed E-state index contributed by atoms with van der Waals surface area (Å²) in [6.07, 6.45) is 5.74. The van der Waals surface area contributed by atoms with Gasteiger partial charge in [0.25, 0.3) is 5.91 Å². The molecule has 1 aliphatic rings. The van der Waals surface area contributed by atoms with Crippen LogP contribution in [0.15, 0.2) is 24.3 Å². The summed E-state index contributed by atoms with van der Waals surface area (Å²) < 4.78 is 5.60. The topological polar surface area (TPSA) is 38.3 Å². The van der Waals surface area contributed by atoms with Gasteiger partial charge in [0, 0.05) is 16.9 Å². The molecule has 1 fully saturated rings. The normalized spacial score (nSPS) is 21.2. The number of carbonyl (C=O) groups is 1. The molecule has 0 saturated heterocycles. The summed E-state index contributed by atoms with van der Waals surface area (Å²) in [5.41, 5.74) is 0.700. The van der Waals surface area contributed by atoms with Gasteiger partial charge in [-0.05, 0) is 55.9 Å². The summed E-state index contributed by atoms with van der Waals surface area (Å²) in [7, 11) is 0. The Labute approximate surface area is 135 Å². The molecule has 1 aliphatic carbocycles. The van der Waals surface area contributed by atoms with Crippen LogP contribution in [0.4, 0.5) is 0 Å².